The molecule has 1 aliphatic rings. The van der Waals surface area contributed by atoms with Crippen molar-refractivity contribution in [1.82, 2.24) is 0 Å². The Hall–Kier alpha value is -1.58. The van der Waals surface area contributed by atoms with Crippen LogP contribution in [-0.2, 0) is 9.59 Å². The van der Waals surface area contributed by atoms with Crippen LogP contribution in [0.4, 0.5) is 0 Å². The molecule has 0 radical (unpaired) electrons. The largest absolute Gasteiger partial charge is 0.478 e. The first-order chi connectivity index (χ1) is 6.04. The fourth-order valence-electron chi connectivity index (χ4n) is 1.38. The van der Waals surface area contributed by atoms with E-state index < -0.39 is 11.9 Å². The molecule has 2 N–H and O–H groups in total. The summed E-state index contributed by atoms with van der Waals surface area (Å²) in [4.78, 5) is 21.3. The molecule has 0 atom stereocenters. The summed E-state index contributed by atoms with van der Waals surface area (Å²) in [6, 6.07) is 0. The summed E-state index contributed by atoms with van der Waals surface area (Å²) in [5.41, 5.74) is 0.690. The van der Waals surface area contributed by atoms with Crippen molar-refractivity contribution in [2.75, 3.05) is 0 Å². The van der Waals surface area contributed by atoms with Crippen LogP contribution in [0.2, 0.25) is 0 Å². The molecular weight excluding hydrogens is 172 g/mol. The third-order valence-corrected chi connectivity index (χ3v) is 2.09. The van der Waals surface area contributed by atoms with Crippen molar-refractivity contribution in [3.8, 4) is 0 Å². The molecule has 0 bridgehead atoms. The fraction of sp³-hybridized carbons (Fsp3) is 0.333. The van der Waals surface area contributed by atoms with Gasteiger partial charge < -0.3 is 10.2 Å². The van der Waals surface area contributed by atoms with Gasteiger partial charge in [-0.25, -0.2) is 9.59 Å². The van der Waals surface area contributed by atoms with Crippen molar-refractivity contribution < 1.29 is 19.8 Å². The lowest BCUT2D eigenvalue weighted by Gasteiger charge is -2.13. The van der Waals surface area contributed by atoms with Gasteiger partial charge in [-0.2, -0.15) is 0 Å². The van der Waals surface area contributed by atoms with Gasteiger partial charge in [0, 0.05) is 5.57 Å². The van der Waals surface area contributed by atoms with E-state index in [9.17, 15) is 9.59 Å². The van der Waals surface area contributed by atoms with Gasteiger partial charge in [0.15, 0.2) is 0 Å². The summed E-state index contributed by atoms with van der Waals surface area (Å²) < 4.78 is 0. The summed E-state index contributed by atoms with van der Waals surface area (Å²) in [6.45, 7) is 1.53. The maximum absolute atomic E-state index is 10.7. The number of hydrogen-bond donors (Lipinski definition) is 2. The standard InChI is InChI=1S/C9H10O4/c1-5-6(8(10)11)3-2-4-7(5)9(12)13/h3H,2,4H2,1H3,(H,10,11)(H,12,13). The van der Waals surface area contributed by atoms with Crippen LogP contribution in [0.5, 0.6) is 0 Å². The normalized spacial score (nSPS) is 16.8. The van der Waals surface area contributed by atoms with Crippen LogP contribution in [0.25, 0.3) is 0 Å². The van der Waals surface area contributed by atoms with E-state index in [0.717, 1.165) is 0 Å². The minimum Gasteiger partial charge on any atom is -0.478 e. The number of carboxylic acids is 2. The topological polar surface area (TPSA) is 74.6 Å². The van der Waals surface area contributed by atoms with Crippen LogP contribution >= 0.6 is 0 Å². The Morgan fingerprint density at radius 2 is 1.92 bits per heavy atom. The predicted octanol–water partition coefficient (Wildman–Crippen LogP) is 1.19. The molecule has 0 saturated carbocycles. The Kier molecular flexibility index (Phi) is 2.51. The minimum absolute atomic E-state index is 0.114. The van der Waals surface area contributed by atoms with Crippen LogP contribution in [0.1, 0.15) is 19.8 Å². The molecule has 0 fully saturated rings. The SMILES string of the molecule is CC1=C(C(=O)O)CCC=C1C(=O)O. The highest BCUT2D eigenvalue weighted by molar-refractivity contribution is 5.97. The molecule has 0 saturated heterocycles. The molecule has 0 aliphatic heterocycles. The van der Waals surface area contributed by atoms with Gasteiger partial charge in [0.1, 0.15) is 0 Å². The van der Waals surface area contributed by atoms with Crippen molar-refractivity contribution in [3.63, 3.8) is 0 Å². The molecule has 0 unspecified atom stereocenters. The number of carboxylic acid groups (broad SMARTS) is 2. The zero-order valence-electron chi connectivity index (χ0n) is 7.20. The lowest BCUT2D eigenvalue weighted by atomic mass is 9.92. The smallest absolute Gasteiger partial charge is 0.335 e. The number of rotatable bonds is 2. The quantitative estimate of drug-likeness (QED) is 0.672. The summed E-state index contributed by atoms with van der Waals surface area (Å²) in [7, 11) is 0. The van der Waals surface area contributed by atoms with Crippen molar-refractivity contribution in [2.24, 2.45) is 0 Å². The molecule has 1 rings (SSSR count). The predicted molar refractivity (Wildman–Crippen MR) is 45.3 cm³/mol. The molecule has 0 aromatic carbocycles. The molecule has 0 spiro atoms. The first-order valence-electron chi connectivity index (χ1n) is 3.91. The van der Waals surface area contributed by atoms with Gasteiger partial charge in [0.25, 0.3) is 0 Å². The molecule has 0 aromatic heterocycles. The summed E-state index contributed by atoms with van der Waals surface area (Å²) in [5.74, 6) is -2.08. The fourth-order valence-corrected chi connectivity index (χ4v) is 1.38. The van der Waals surface area contributed by atoms with E-state index in [2.05, 4.69) is 0 Å². The average molecular weight is 182 g/mol. The highest BCUT2D eigenvalue weighted by Crippen LogP contribution is 2.24. The second kappa shape index (κ2) is 3.43. The molecule has 0 aromatic rings. The van der Waals surface area contributed by atoms with Crippen LogP contribution in [-0.4, -0.2) is 22.2 Å². The summed E-state index contributed by atoms with van der Waals surface area (Å²) >= 11 is 0. The first kappa shape index (κ1) is 9.51. The Morgan fingerprint density at radius 1 is 1.31 bits per heavy atom. The van der Waals surface area contributed by atoms with Gasteiger partial charge in [-0.1, -0.05) is 6.08 Å². The van der Waals surface area contributed by atoms with E-state index in [4.69, 9.17) is 10.2 Å². The van der Waals surface area contributed by atoms with Gasteiger partial charge >= 0.3 is 11.9 Å². The molecule has 0 amide bonds. The van der Waals surface area contributed by atoms with Gasteiger partial charge in [-0.05, 0) is 25.3 Å². The number of allylic oxidation sites excluding steroid dienone is 1. The molecule has 0 heterocycles. The highest BCUT2D eigenvalue weighted by atomic mass is 16.4. The molecule has 4 nitrogen and oxygen atoms in total. The zero-order valence-corrected chi connectivity index (χ0v) is 7.20. The number of hydrogen-bond acceptors (Lipinski definition) is 2. The Bertz CT molecular complexity index is 323. The minimum atomic E-state index is -1.06. The van der Waals surface area contributed by atoms with Crippen LogP contribution < -0.4 is 0 Å². The number of aliphatic carboxylic acids is 2. The van der Waals surface area contributed by atoms with Crippen molar-refractivity contribution in [2.45, 2.75) is 19.8 Å². The second-order valence-corrected chi connectivity index (χ2v) is 2.87. The number of carbonyl (C=O) groups is 2. The van der Waals surface area contributed by atoms with E-state index in [1.165, 1.54) is 6.92 Å². The highest BCUT2D eigenvalue weighted by Gasteiger charge is 2.21. The lowest BCUT2D eigenvalue weighted by molar-refractivity contribution is -0.132. The summed E-state index contributed by atoms with van der Waals surface area (Å²) in [5, 5.41) is 17.4. The molecular formula is C9H10O4. The van der Waals surface area contributed by atoms with Crippen molar-refractivity contribution in [1.29, 1.82) is 0 Å². The first-order valence-corrected chi connectivity index (χ1v) is 3.91. The van der Waals surface area contributed by atoms with Gasteiger partial charge in [-0.3, -0.25) is 0 Å². The van der Waals surface area contributed by atoms with Crippen LogP contribution in [0.3, 0.4) is 0 Å². The average Bonchev–Trinajstić information content (AvgIpc) is 2.03. The molecule has 13 heavy (non-hydrogen) atoms. The van der Waals surface area contributed by atoms with Gasteiger partial charge in [0.05, 0.1) is 5.57 Å². The van der Waals surface area contributed by atoms with Gasteiger partial charge in [0.2, 0.25) is 0 Å². The lowest BCUT2D eigenvalue weighted by Crippen LogP contribution is -2.12. The van der Waals surface area contributed by atoms with Crippen molar-refractivity contribution >= 4 is 11.9 Å². The monoisotopic (exact) mass is 182 g/mol. The molecule has 1 aliphatic carbocycles. The second-order valence-electron chi connectivity index (χ2n) is 2.87. The van der Waals surface area contributed by atoms with E-state index in [0.29, 0.717) is 18.4 Å². The maximum atomic E-state index is 10.7. The molecule has 4 heteroatoms. The third-order valence-electron chi connectivity index (χ3n) is 2.09. The third kappa shape index (κ3) is 1.77. The van der Waals surface area contributed by atoms with Crippen LogP contribution in [0.15, 0.2) is 22.8 Å². The van der Waals surface area contributed by atoms with E-state index in [1.54, 1.807) is 6.08 Å². The molecule has 70 valence electrons. The summed E-state index contributed by atoms with van der Waals surface area (Å²) in [6.07, 6.45) is 2.46. The van der Waals surface area contributed by atoms with Crippen molar-refractivity contribution in [3.05, 3.63) is 22.8 Å². The Morgan fingerprint density at radius 3 is 2.38 bits per heavy atom. The van der Waals surface area contributed by atoms with E-state index >= 15 is 0 Å². The maximum Gasteiger partial charge on any atom is 0.335 e. The zero-order chi connectivity index (χ0) is 10.0. The van der Waals surface area contributed by atoms with E-state index in [1.807, 2.05) is 0 Å². The Labute approximate surface area is 75.2 Å². The Balaban J connectivity index is 3.10. The van der Waals surface area contributed by atoms with Crippen LogP contribution in [0, 0.1) is 0 Å². The van der Waals surface area contributed by atoms with E-state index in [-0.39, 0.29) is 11.1 Å². The van der Waals surface area contributed by atoms with Gasteiger partial charge in [-0.15, -0.1) is 0 Å².